The SMILES string of the molecule is CCCCOC(=O)/C=C/c1ccccc1P(=O)(N(CC)CC)N(CC)CC. The monoisotopic (exact) mass is 394 g/mol. The topological polar surface area (TPSA) is 49.9 Å². The van der Waals surface area contributed by atoms with Crippen LogP contribution in [0.15, 0.2) is 30.3 Å². The maximum atomic E-state index is 14.3. The molecule has 0 saturated carbocycles. The minimum absolute atomic E-state index is 0.362. The van der Waals surface area contributed by atoms with Gasteiger partial charge in [0, 0.05) is 37.6 Å². The molecule has 0 aliphatic rings. The lowest BCUT2D eigenvalue weighted by molar-refractivity contribution is -0.137. The van der Waals surface area contributed by atoms with Gasteiger partial charge in [-0.1, -0.05) is 59.2 Å². The second-order valence-corrected chi connectivity index (χ2v) is 8.94. The van der Waals surface area contributed by atoms with Crippen LogP contribution < -0.4 is 5.30 Å². The molecule has 0 amide bonds. The van der Waals surface area contributed by atoms with Crippen molar-refractivity contribution in [2.75, 3.05) is 32.8 Å². The molecule has 0 fully saturated rings. The van der Waals surface area contributed by atoms with Crippen LogP contribution in [0.1, 0.15) is 53.0 Å². The third kappa shape index (κ3) is 6.03. The largest absolute Gasteiger partial charge is 0.463 e. The van der Waals surface area contributed by atoms with Crippen molar-refractivity contribution in [2.24, 2.45) is 0 Å². The van der Waals surface area contributed by atoms with Crippen molar-refractivity contribution in [2.45, 2.75) is 47.5 Å². The van der Waals surface area contributed by atoms with Gasteiger partial charge in [-0.2, -0.15) is 0 Å². The lowest BCUT2D eigenvalue weighted by atomic mass is 10.2. The summed E-state index contributed by atoms with van der Waals surface area (Å²) in [5, 5.41) is 0.773. The highest BCUT2D eigenvalue weighted by molar-refractivity contribution is 7.67. The number of carbonyl (C=O) groups excluding carboxylic acids is 1. The maximum Gasteiger partial charge on any atom is 0.330 e. The highest BCUT2D eigenvalue weighted by Crippen LogP contribution is 2.52. The van der Waals surface area contributed by atoms with Gasteiger partial charge in [0.1, 0.15) is 0 Å². The lowest BCUT2D eigenvalue weighted by Crippen LogP contribution is -2.38. The van der Waals surface area contributed by atoms with Gasteiger partial charge in [0.25, 0.3) is 0 Å². The first-order valence-electron chi connectivity index (χ1n) is 10.0. The van der Waals surface area contributed by atoms with Crippen molar-refractivity contribution < 1.29 is 14.1 Å². The summed E-state index contributed by atoms with van der Waals surface area (Å²) >= 11 is 0. The molecular formula is C21H35N2O3P. The van der Waals surface area contributed by atoms with Gasteiger partial charge >= 0.3 is 5.97 Å². The Hall–Kier alpha value is -1.42. The third-order valence-electron chi connectivity index (χ3n) is 4.62. The molecule has 1 rings (SSSR count). The van der Waals surface area contributed by atoms with Crippen molar-refractivity contribution in [3.05, 3.63) is 35.9 Å². The Balaban J connectivity index is 3.29. The standard InChI is InChI=1S/C21H35N2O3P/c1-6-11-18-26-21(24)17-16-19-14-12-13-15-20(19)27(25,22(7-2)8-3)23(9-4)10-5/h12-17H,6-11,18H2,1-5H3/b17-16+. The number of hydrogen-bond donors (Lipinski definition) is 0. The van der Waals surface area contributed by atoms with E-state index in [0.29, 0.717) is 32.8 Å². The Morgan fingerprint density at radius 2 is 1.56 bits per heavy atom. The van der Waals surface area contributed by atoms with Crippen LogP contribution in [0.5, 0.6) is 0 Å². The number of unbranched alkanes of at least 4 members (excludes halogenated alkanes) is 1. The van der Waals surface area contributed by atoms with Crippen LogP contribution in [0.4, 0.5) is 0 Å². The molecule has 0 spiro atoms. The molecule has 0 aliphatic heterocycles. The predicted molar refractivity (Wildman–Crippen MR) is 114 cm³/mol. The van der Waals surface area contributed by atoms with Crippen molar-refractivity contribution in [3.8, 4) is 0 Å². The highest BCUT2D eigenvalue weighted by atomic mass is 31.2. The zero-order chi connectivity index (χ0) is 20.3. The van der Waals surface area contributed by atoms with Gasteiger partial charge in [-0.15, -0.1) is 0 Å². The Morgan fingerprint density at radius 3 is 2.07 bits per heavy atom. The van der Waals surface area contributed by atoms with E-state index in [4.69, 9.17) is 4.74 Å². The van der Waals surface area contributed by atoms with Gasteiger partial charge in [-0.25, -0.2) is 14.1 Å². The molecule has 0 aliphatic carbocycles. The summed E-state index contributed by atoms with van der Waals surface area (Å²) in [7, 11) is -2.95. The van der Waals surface area contributed by atoms with Gasteiger partial charge in [-0.3, -0.25) is 4.57 Å². The van der Waals surface area contributed by atoms with Crippen LogP contribution >= 0.6 is 7.44 Å². The zero-order valence-corrected chi connectivity index (χ0v) is 18.4. The summed E-state index contributed by atoms with van der Waals surface area (Å²) in [6.45, 7) is 13.4. The molecule has 0 aromatic heterocycles. The Morgan fingerprint density at radius 1 is 1.00 bits per heavy atom. The Labute approximate surface area is 164 Å². The zero-order valence-electron chi connectivity index (χ0n) is 17.5. The second-order valence-electron chi connectivity index (χ2n) is 6.24. The van der Waals surface area contributed by atoms with Gasteiger partial charge in [0.15, 0.2) is 0 Å². The van der Waals surface area contributed by atoms with Crippen LogP contribution in [0.25, 0.3) is 6.08 Å². The van der Waals surface area contributed by atoms with E-state index in [0.717, 1.165) is 23.7 Å². The minimum Gasteiger partial charge on any atom is -0.463 e. The van der Waals surface area contributed by atoms with E-state index in [1.807, 2.05) is 61.3 Å². The molecule has 5 nitrogen and oxygen atoms in total. The smallest absolute Gasteiger partial charge is 0.330 e. The summed E-state index contributed by atoms with van der Waals surface area (Å²) in [6, 6.07) is 7.64. The molecular weight excluding hydrogens is 359 g/mol. The first-order chi connectivity index (χ1) is 13.0. The molecule has 0 atom stereocenters. The highest BCUT2D eigenvalue weighted by Gasteiger charge is 2.37. The van der Waals surface area contributed by atoms with E-state index in [-0.39, 0.29) is 5.97 Å². The molecule has 0 radical (unpaired) electrons. The molecule has 0 heterocycles. The van der Waals surface area contributed by atoms with Gasteiger partial charge in [0.05, 0.1) is 6.61 Å². The number of rotatable bonds is 12. The number of esters is 1. The fourth-order valence-electron chi connectivity index (χ4n) is 3.11. The average Bonchev–Trinajstić information content (AvgIpc) is 2.68. The molecule has 0 bridgehead atoms. The second kappa shape index (κ2) is 12.1. The summed E-state index contributed by atoms with van der Waals surface area (Å²) in [5.74, 6) is -0.362. The Kier molecular flexibility index (Phi) is 10.6. The summed E-state index contributed by atoms with van der Waals surface area (Å²) in [6.07, 6.45) is 5.00. The van der Waals surface area contributed by atoms with Crippen LogP contribution in [0, 0.1) is 0 Å². The van der Waals surface area contributed by atoms with Crippen LogP contribution in [0.3, 0.4) is 0 Å². The van der Waals surface area contributed by atoms with E-state index < -0.39 is 7.44 Å². The first-order valence-corrected chi connectivity index (χ1v) is 11.7. The number of carbonyl (C=O) groups is 1. The van der Waals surface area contributed by atoms with Crippen molar-refractivity contribution >= 4 is 24.8 Å². The number of ether oxygens (including phenoxy) is 1. The molecule has 0 N–H and O–H groups in total. The van der Waals surface area contributed by atoms with E-state index in [1.165, 1.54) is 6.08 Å². The summed E-state index contributed by atoms with van der Waals surface area (Å²) in [5.41, 5.74) is 0.798. The van der Waals surface area contributed by atoms with E-state index in [9.17, 15) is 9.36 Å². The number of benzene rings is 1. The fourth-order valence-corrected chi connectivity index (χ4v) is 6.38. The normalized spacial score (nSPS) is 12.3. The van der Waals surface area contributed by atoms with Gasteiger partial charge in [0.2, 0.25) is 7.44 Å². The number of nitrogens with zero attached hydrogens (tertiary/aromatic N) is 2. The van der Waals surface area contributed by atoms with Crippen LogP contribution in [-0.2, 0) is 14.1 Å². The molecule has 0 unspecified atom stereocenters. The quantitative estimate of drug-likeness (QED) is 0.225. The average molecular weight is 394 g/mol. The van der Waals surface area contributed by atoms with Crippen molar-refractivity contribution in [1.29, 1.82) is 0 Å². The lowest BCUT2D eigenvalue weighted by Gasteiger charge is -2.38. The summed E-state index contributed by atoms with van der Waals surface area (Å²) < 4.78 is 23.6. The molecule has 27 heavy (non-hydrogen) atoms. The molecule has 6 heteroatoms. The first kappa shape index (κ1) is 23.6. The number of hydrogen-bond acceptors (Lipinski definition) is 3. The van der Waals surface area contributed by atoms with Gasteiger partial charge < -0.3 is 4.74 Å². The predicted octanol–water partition coefficient (Wildman–Crippen LogP) is 4.55. The molecule has 0 saturated heterocycles. The molecule has 1 aromatic rings. The van der Waals surface area contributed by atoms with Crippen LogP contribution in [-0.4, -0.2) is 48.1 Å². The van der Waals surface area contributed by atoms with Crippen molar-refractivity contribution in [3.63, 3.8) is 0 Å². The van der Waals surface area contributed by atoms with E-state index in [2.05, 4.69) is 6.92 Å². The van der Waals surface area contributed by atoms with Crippen molar-refractivity contribution in [1.82, 2.24) is 9.34 Å². The minimum atomic E-state index is -2.95. The van der Waals surface area contributed by atoms with Gasteiger partial charge in [-0.05, 0) is 24.1 Å². The third-order valence-corrected chi connectivity index (χ3v) is 8.32. The van der Waals surface area contributed by atoms with Crippen LogP contribution in [0.2, 0.25) is 0 Å². The maximum absolute atomic E-state index is 14.3. The molecule has 1 aromatic carbocycles. The molecule has 152 valence electrons. The van der Waals surface area contributed by atoms with E-state index >= 15 is 0 Å². The fraction of sp³-hybridized carbons (Fsp3) is 0.571. The van der Waals surface area contributed by atoms with E-state index in [1.54, 1.807) is 6.08 Å². The Bertz CT molecular complexity index is 637. The summed E-state index contributed by atoms with van der Waals surface area (Å²) in [4.78, 5) is 11.9.